The van der Waals surface area contributed by atoms with Crippen LogP contribution in [0.25, 0.3) is 10.2 Å². The minimum absolute atomic E-state index is 0.0394. The number of anilines is 1. The number of benzene rings is 1. The molecule has 3 aromatic rings. The minimum Gasteiger partial charge on any atom is -0.325 e. The Morgan fingerprint density at radius 3 is 2.80 bits per heavy atom. The van der Waals surface area contributed by atoms with Gasteiger partial charge in [-0.3, -0.25) is 14.2 Å². The highest BCUT2D eigenvalue weighted by Gasteiger charge is 2.13. The summed E-state index contributed by atoms with van der Waals surface area (Å²) in [5, 5.41) is 5.85. The van der Waals surface area contributed by atoms with E-state index in [-0.39, 0.29) is 17.2 Å². The molecule has 1 N–H and O–H groups in total. The van der Waals surface area contributed by atoms with Crippen molar-refractivity contribution in [2.75, 3.05) is 11.1 Å². The normalized spacial score (nSPS) is 11.0. The van der Waals surface area contributed by atoms with E-state index in [0.29, 0.717) is 32.6 Å². The van der Waals surface area contributed by atoms with Crippen LogP contribution in [0, 0.1) is 0 Å². The number of carbonyl (C=O) groups excluding carboxylic acids is 1. The first-order valence-corrected chi connectivity index (χ1v) is 9.99. The van der Waals surface area contributed by atoms with E-state index in [9.17, 15) is 9.59 Å². The monoisotopic (exact) mass is 393 g/mol. The van der Waals surface area contributed by atoms with Crippen LogP contribution >= 0.6 is 34.7 Å². The molecule has 8 heteroatoms. The molecule has 0 spiro atoms. The van der Waals surface area contributed by atoms with Gasteiger partial charge in [-0.15, -0.1) is 11.3 Å². The average Bonchev–Trinajstić information content (AvgIpc) is 3.07. The Bertz CT molecular complexity index is 951. The van der Waals surface area contributed by atoms with Crippen LogP contribution in [0.5, 0.6) is 0 Å². The van der Waals surface area contributed by atoms with Gasteiger partial charge in [0.15, 0.2) is 5.16 Å². The van der Waals surface area contributed by atoms with Crippen LogP contribution in [0.2, 0.25) is 5.02 Å². The van der Waals surface area contributed by atoms with E-state index in [0.717, 1.165) is 6.42 Å². The van der Waals surface area contributed by atoms with Crippen molar-refractivity contribution < 1.29 is 4.79 Å². The highest BCUT2D eigenvalue weighted by atomic mass is 35.5. The molecule has 3 rings (SSSR count). The maximum atomic E-state index is 12.6. The third-order valence-electron chi connectivity index (χ3n) is 3.44. The van der Waals surface area contributed by atoms with Crippen LogP contribution in [0.3, 0.4) is 0 Å². The van der Waals surface area contributed by atoms with Gasteiger partial charge in [0.05, 0.1) is 11.3 Å². The van der Waals surface area contributed by atoms with Gasteiger partial charge in [-0.25, -0.2) is 4.98 Å². The molecule has 2 heterocycles. The number of nitrogens with one attached hydrogen (secondary N) is 1. The Kier molecular flexibility index (Phi) is 5.78. The van der Waals surface area contributed by atoms with Crippen LogP contribution in [-0.2, 0) is 11.3 Å². The topological polar surface area (TPSA) is 64.0 Å². The summed E-state index contributed by atoms with van der Waals surface area (Å²) in [6, 6.07) is 8.75. The lowest BCUT2D eigenvalue weighted by atomic mass is 10.3. The second-order valence-electron chi connectivity index (χ2n) is 5.33. The van der Waals surface area contributed by atoms with Crippen molar-refractivity contribution in [2.45, 2.75) is 25.0 Å². The fourth-order valence-electron chi connectivity index (χ4n) is 2.31. The summed E-state index contributed by atoms with van der Waals surface area (Å²) in [5.41, 5.74) is 1.33. The van der Waals surface area contributed by atoms with Crippen LogP contribution in [0.1, 0.15) is 13.3 Å². The minimum atomic E-state index is -0.157. The highest BCUT2D eigenvalue weighted by Crippen LogP contribution is 2.21. The number of thiophene rings is 1. The van der Waals surface area contributed by atoms with Crippen molar-refractivity contribution >= 4 is 56.5 Å². The summed E-state index contributed by atoms with van der Waals surface area (Å²) in [7, 11) is 0. The molecule has 2 aromatic heterocycles. The molecule has 1 amide bonds. The van der Waals surface area contributed by atoms with Gasteiger partial charge in [-0.05, 0) is 42.1 Å². The Labute approximate surface area is 158 Å². The predicted octanol–water partition coefficient (Wildman–Crippen LogP) is 4.25. The van der Waals surface area contributed by atoms with Gasteiger partial charge >= 0.3 is 0 Å². The SMILES string of the molecule is CCCn1c(SCC(=O)Nc2ccc(Cl)cc2)nc2ccsc2c1=O. The van der Waals surface area contributed by atoms with Crippen LogP contribution < -0.4 is 10.9 Å². The molecule has 1 aromatic carbocycles. The molecule has 0 unspecified atom stereocenters. The Hall–Kier alpha value is -1.83. The zero-order valence-electron chi connectivity index (χ0n) is 13.5. The van der Waals surface area contributed by atoms with Gasteiger partial charge in [0.2, 0.25) is 5.91 Å². The molecule has 0 saturated heterocycles. The quantitative estimate of drug-likeness (QED) is 0.502. The molecule has 0 saturated carbocycles. The lowest BCUT2D eigenvalue weighted by Gasteiger charge is -2.11. The molecule has 130 valence electrons. The Balaban J connectivity index is 1.75. The maximum absolute atomic E-state index is 12.6. The average molecular weight is 394 g/mol. The van der Waals surface area contributed by atoms with Gasteiger partial charge in [-0.1, -0.05) is 30.3 Å². The zero-order chi connectivity index (χ0) is 17.8. The number of hydrogen-bond donors (Lipinski definition) is 1. The fourth-order valence-corrected chi connectivity index (χ4v) is 4.04. The molecule has 25 heavy (non-hydrogen) atoms. The van der Waals surface area contributed by atoms with Crippen molar-refractivity contribution in [2.24, 2.45) is 0 Å². The maximum Gasteiger partial charge on any atom is 0.272 e. The number of rotatable bonds is 6. The molecular formula is C17H16ClN3O2S2. The Morgan fingerprint density at radius 2 is 2.08 bits per heavy atom. The van der Waals surface area contributed by atoms with E-state index in [2.05, 4.69) is 10.3 Å². The number of fused-ring (bicyclic) bond motifs is 1. The van der Waals surface area contributed by atoms with Crippen molar-refractivity contribution in [3.63, 3.8) is 0 Å². The molecule has 0 fully saturated rings. The van der Waals surface area contributed by atoms with Gasteiger partial charge < -0.3 is 5.32 Å². The fraction of sp³-hybridized carbons (Fsp3) is 0.235. The molecule has 0 aliphatic rings. The standard InChI is InChI=1S/C17H16ClN3O2S2/c1-2-8-21-16(23)15-13(7-9-24-15)20-17(21)25-10-14(22)19-12-5-3-11(18)4-6-12/h3-7,9H,2,8,10H2,1H3,(H,19,22). The molecule has 5 nitrogen and oxygen atoms in total. The van der Waals surface area contributed by atoms with Crippen molar-refractivity contribution in [3.8, 4) is 0 Å². The number of carbonyl (C=O) groups is 1. The van der Waals surface area contributed by atoms with Crippen LogP contribution in [-0.4, -0.2) is 21.2 Å². The lowest BCUT2D eigenvalue weighted by molar-refractivity contribution is -0.113. The summed E-state index contributed by atoms with van der Waals surface area (Å²) in [5.74, 6) is 0.0176. The third kappa shape index (κ3) is 4.23. The first kappa shape index (κ1) is 18.0. The Morgan fingerprint density at radius 1 is 1.32 bits per heavy atom. The third-order valence-corrected chi connectivity index (χ3v) is 5.56. The summed E-state index contributed by atoms with van der Waals surface area (Å²) in [6.45, 7) is 2.59. The summed E-state index contributed by atoms with van der Waals surface area (Å²) in [6.07, 6.45) is 0.822. The van der Waals surface area contributed by atoms with E-state index in [1.54, 1.807) is 28.8 Å². The zero-order valence-corrected chi connectivity index (χ0v) is 15.9. The van der Waals surface area contributed by atoms with Crippen molar-refractivity contribution in [1.29, 1.82) is 0 Å². The predicted molar refractivity (Wildman–Crippen MR) is 105 cm³/mol. The summed E-state index contributed by atoms with van der Waals surface area (Å²) in [4.78, 5) is 29.3. The highest BCUT2D eigenvalue weighted by molar-refractivity contribution is 7.99. The van der Waals surface area contributed by atoms with E-state index >= 15 is 0 Å². The van der Waals surface area contributed by atoms with E-state index in [1.807, 2.05) is 18.4 Å². The van der Waals surface area contributed by atoms with Gasteiger partial charge in [0, 0.05) is 17.3 Å². The van der Waals surface area contributed by atoms with Crippen LogP contribution in [0.4, 0.5) is 5.69 Å². The molecular weight excluding hydrogens is 378 g/mol. The van der Waals surface area contributed by atoms with E-state index in [1.165, 1.54) is 23.1 Å². The number of halogens is 1. The molecule has 0 aliphatic heterocycles. The van der Waals surface area contributed by atoms with Crippen LogP contribution in [0.15, 0.2) is 45.7 Å². The van der Waals surface area contributed by atoms with E-state index in [4.69, 9.17) is 11.6 Å². The number of aromatic nitrogens is 2. The smallest absolute Gasteiger partial charge is 0.272 e. The molecule has 0 radical (unpaired) electrons. The van der Waals surface area contributed by atoms with Gasteiger partial charge in [0.1, 0.15) is 4.70 Å². The van der Waals surface area contributed by atoms with Crippen molar-refractivity contribution in [1.82, 2.24) is 9.55 Å². The second kappa shape index (κ2) is 8.03. The largest absolute Gasteiger partial charge is 0.325 e. The summed E-state index contributed by atoms with van der Waals surface area (Å²) >= 11 is 8.50. The van der Waals surface area contributed by atoms with Crippen molar-refractivity contribution in [3.05, 3.63) is 51.1 Å². The first-order valence-electron chi connectivity index (χ1n) is 7.74. The molecule has 0 aliphatic carbocycles. The number of hydrogen-bond acceptors (Lipinski definition) is 5. The van der Waals surface area contributed by atoms with Gasteiger partial charge in [0.25, 0.3) is 5.56 Å². The van der Waals surface area contributed by atoms with E-state index < -0.39 is 0 Å². The van der Waals surface area contributed by atoms with Gasteiger partial charge in [-0.2, -0.15) is 0 Å². The second-order valence-corrected chi connectivity index (χ2v) is 7.62. The number of nitrogens with zero attached hydrogens (tertiary/aromatic N) is 2. The molecule has 0 bridgehead atoms. The number of thioether (sulfide) groups is 1. The summed E-state index contributed by atoms with van der Waals surface area (Å²) < 4.78 is 2.31. The number of amides is 1. The lowest BCUT2D eigenvalue weighted by Crippen LogP contribution is -2.23. The molecule has 0 atom stereocenters. The first-order chi connectivity index (χ1) is 12.1.